The molecule has 1 aromatic carbocycles. The van der Waals surface area contributed by atoms with E-state index in [2.05, 4.69) is 27.6 Å². The molecule has 0 radical (unpaired) electrons. The van der Waals surface area contributed by atoms with Crippen LogP contribution in [0.15, 0.2) is 29.6 Å². The number of hydrogen-bond acceptors (Lipinski definition) is 2. The molecule has 1 aromatic heterocycles. The highest BCUT2D eigenvalue weighted by atomic mass is 15.5. The van der Waals surface area contributed by atoms with Gasteiger partial charge in [0.15, 0.2) is 0 Å². The number of nitrogens with one attached hydrogen (secondary N) is 1. The van der Waals surface area contributed by atoms with E-state index < -0.39 is 0 Å². The van der Waals surface area contributed by atoms with E-state index in [9.17, 15) is 0 Å². The first-order valence-electron chi connectivity index (χ1n) is 6.80. The Bertz CT molecular complexity index is 695. The van der Waals surface area contributed by atoms with Crippen molar-refractivity contribution in [2.24, 2.45) is 5.22 Å². The van der Waals surface area contributed by atoms with Gasteiger partial charge in [-0.05, 0) is 42.7 Å². The molecule has 1 fully saturated rings. The number of aromatic nitrogens is 1. The Balaban J connectivity index is 1.99. The van der Waals surface area contributed by atoms with Gasteiger partial charge in [0.1, 0.15) is 11.7 Å². The predicted octanol–water partition coefficient (Wildman–Crippen LogP) is 3.11. The van der Waals surface area contributed by atoms with Gasteiger partial charge in [0.25, 0.3) is 0 Å². The van der Waals surface area contributed by atoms with Crippen molar-refractivity contribution in [1.29, 1.82) is 0 Å². The minimum Gasteiger partial charge on any atom is -0.313 e. The highest BCUT2D eigenvalue weighted by Gasteiger charge is 2.34. The molecule has 0 amide bonds. The van der Waals surface area contributed by atoms with Crippen LogP contribution in [-0.4, -0.2) is 17.3 Å². The zero-order chi connectivity index (χ0) is 12.8. The summed E-state index contributed by atoms with van der Waals surface area (Å²) in [4.78, 5) is 2.92. The Morgan fingerprint density at radius 1 is 1.42 bits per heavy atom. The Morgan fingerprint density at radius 2 is 2.37 bits per heavy atom. The standard InChI is InChI=1S/C14H15N5/c15-17-18-19-8-9-7-12-10(4-2-6-16-12)11-3-1-5-13(19)14(9)11/h1,3,5,8,10,12,16H,2,4,6-7H2. The fraction of sp³-hybridized carbons (Fsp3) is 0.429. The summed E-state index contributed by atoms with van der Waals surface area (Å²) in [6, 6.07) is 6.87. The number of azide groups is 1. The van der Waals surface area contributed by atoms with Gasteiger partial charge in [-0.1, -0.05) is 12.1 Å². The van der Waals surface area contributed by atoms with Crippen molar-refractivity contribution in [1.82, 2.24) is 9.99 Å². The van der Waals surface area contributed by atoms with Gasteiger partial charge in [-0.3, -0.25) is 0 Å². The summed E-state index contributed by atoms with van der Waals surface area (Å²) in [5.41, 5.74) is 12.4. The summed E-state index contributed by atoms with van der Waals surface area (Å²) < 4.78 is 1.67. The van der Waals surface area contributed by atoms with Crippen LogP contribution in [0.5, 0.6) is 0 Å². The topological polar surface area (TPSA) is 65.7 Å². The fourth-order valence-corrected chi connectivity index (χ4v) is 3.74. The third-order valence-corrected chi connectivity index (χ3v) is 4.48. The van der Waals surface area contributed by atoms with Crippen molar-refractivity contribution in [3.63, 3.8) is 0 Å². The van der Waals surface area contributed by atoms with Gasteiger partial charge in [-0.2, -0.15) is 9.59 Å². The lowest BCUT2D eigenvalue weighted by Gasteiger charge is -2.36. The molecule has 0 spiro atoms. The second-order valence-electron chi connectivity index (χ2n) is 5.43. The van der Waals surface area contributed by atoms with E-state index in [1.165, 1.54) is 29.4 Å². The first kappa shape index (κ1) is 10.9. The van der Waals surface area contributed by atoms with Crippen molar-refractivity contribution in [3.8, 4) is 0 Å². The zero-order valence-corrected chi connectivity index (χ0v) is 10.6. The van der Waals surface area contributed by atoms with Crippen molar-refractivity contribution in [3.05, 3.63) is 46.0 Å². The van der Waals surface area contributed by atoms with Crippen LogP contribution in [0.1, 0.15) is 29.9 Å². The molecule has 1 N–H and O–H groups in total. The van der Waals surface area contributed by atoms with Gasteiger partial charge < -0.3 is 5.32 Å². The molecule has 19 heavy (non-hydrogen) atoms. The molecule has 0 bridgehead atoms. The third-order valence-electron chi connectivity index (χ3n) is 4.48. The SMILES string of the molecule is [N-]=[N+]=Nn1cc2c3c(cccc31)C1CCCNC1C2. The van der Waals surface area contributed by atoms with E-state index >= 15 is 0 Å². The first-order valence-corrected chi connectivity index (χ1v) is 6.80. The minimum atomic E-state index is 0.536. The molecule has 1 aliphatic heterocycles. The number of nitrogens with zero attached hydrogens (tertiary/aromatic N) is 4. The molecule has 2 atom stereocenters. The summed E-state index contributed by atoms with van der Waals surface area (Å²) >= 11 is 0. The smallest absolute Gasteiger partial charge is 0.143 e. The first-order chi connectivity index (χ1) is 9.38. The second kappa shape index (κ2) is 4.02. The molecular formula is C14H15N5. The Hall–Kier alpha value is -1.97. The molecule has 2 aromatic rings. The molecular weight excluding hydrogens is 238 g/mol. The van der Waals surface area contributed by atoms with Gasteiger partial charge >= 0.3 is 0 Å². The average Bonchev–Trinajstić information content (AvgIpc) is 2.79. The van der Waals surface area contributed by atoms with Crippen LogP contribution >= 0.6 is 0 Å². The van der Waals surface area contributed by atoms with Gasteiger partial charge in [0.2, 0.25) is 0 Å². The molecule has 1 saturated heterocycles. The summed E-state index contributed by atoms with van der Waals surface area (Å²) in [5, 5.41) is 8.71. The largest absolute Gasteiger partial charge is 0.313 e. The number of benzene rings is 1. The van der Waals surface area contributed by atoms with Crippen molar-refractivity contribution >= 4 is 10.9 Å². The molecule has 2 unspecified atom stereocenters. The molecule has 4 rings (SSSR count). The maximum Gasteiger partial charge on any atom is 0.143 e. The molecule has 5 heteroatoms. The maximum absolute atomic E-state index is 8.68. The monoisotopic (exact) mass is 253 g/mol. The average molecular weight is 253 g/mol. The van der Waals surface area contributed by atoms with Crippen molar-refractivity contribution < 1.29 is 0 Å². The highest BCUT2D eigenvalue weighted by Crippen LogP contribution is 2.41. The molecule has 1 aliphatic carbocycles. The van der Waals surface area contributed by atoms with Crippen LogP contribution in [0.25, 0.3) is 21.3 Å². The number of rotatable bonds is 1. The van der Waals surface area contributed by atoms with Gasteiger partial charge in [0.05, 0.1) is 0 Å². The van der Waals surface area contributed by atoms with Gasteiger partial charge in [-0.15, -0.1) is 5.53 Å². The lowest BCUT2D eigenvalue weighted by Crippen LogP contribution is -2.43. The molecule has 5 nitrogen and oxygen atoms in total. The van der Waals surface area contributed by atoms with Gasteiger partial charge in [-0.25, -0.2) is 0 Å². The van der Waals surface area contributed by atoms with Crippen LogP contribution in [-0.2, 0) is 6.42 Å². The van der Waals surface area contributed by atoms with Crippen molar-refractivity contribution in [2.45, 2.75) is 31.2 Å². The number of hydrogen-bond donors (Lipinski definition) is 1. The fourth-order valence-electron chi connectivity index (χ4n) is 3.74. The predicted molar refractivity (Wildman–Crippen MR) is 74.0 cm³/mol. The van der Waals surface area contributed by atoms with E-state index in [-0.39, 0.29) is 0 Å². The van der Waals surface area contributed by atoms with Crippen LogP contribution < -0.4 is 5.32 Å². The van der Waals surface area contributed by atoms with E-state index in [1.54, 1.807) is 4.68 Å². The zero-order valence-electron chi connectivity index (χ0n) is 10.6. The van der Waals surface area contributed by atoms with E-state index in [1.807, 2.05) is 12.3 Å². The minimum absolute atomic E-state index is 0.536. The van der Waals surface area contributed by atoms with Crippen molar-refractivity contribution in [2.75, 3.05) is 6.54 Å². The third kappa shape index (κ3) is 1.49. The van der Waals surface area contributed by atoms with Crippen LogP contribution in [0.2, 0.25) is 0 Å². The second-order valence-corrected chi connectivity index (χ2v) is 5.43. The molecule has 0 saturated carbocycles. The summed E-state index contributed by atoms with van der Waals surface area (Å²) in [6.07, 6.45) is 5.51. The summed E-state index contributed by atoms with van der Waals surface area (Å²) in [7, 11) is 0. The number of fused-ring (bicyclic) bond motifs is 2. The van der Waals surface area contributed by atoms with Crippen LogP contribution in [0.3, 0.4) is 0 Å². The van der Waals surface area contributed by atoms with Gasteiger partial charge in [0, 0.05) is 22.9 Å². The molecule has 2 aliphatic rings. The Kier molecular flexibility index (Phi) is 2.31. The Labute approximate surface area is 110 Å². The summed E-state index contributed by atoms with van der Waals surface area (Å²) in [6.45, 7) is 1.11. The number of piperidine rings is 1. The lowest BCUT2D eigenvalue weighted by molar-refractivity contribution is 0.345. The van der Waals surface area contributed by atoms with E-state index in [0.29, 0.717) is 12.0 Å². The normalized spacial score (nSPS) is 24.8. The lowest BCUT2D eigenvalue weighted by atomic mass is 9.76. The molecule has 2 heterocycles. The van der Waals surface area contributed by atoms with E-state index in [4.69, 9.17) is 5.53 Å². The summed E-state index contributed by atoms with van der Waals surface area (Å²) in [5.74, 6) is 0.604. The van der Waals surface area contributed by atoms with Crippen LogP contribution in [0.4, 0.5) is 0 Å². The maximum atomic E-state index is 8.68. The molecule has 96 valence electrons. The quantitative estimate of drug-likeness (QED) is 0.473. The Morgan fingerprint density at radius 3 is 3.26 bits per heavy atom. The van der Waals surface area contributed by atoms with E-state index in [0.717, 1.165) is 18.5 Å². The highest BCUT2D eigenvalue weighted by molar-refractivity contribution is 5.89. The van der Waals surface area contributed by atoms with Crippen LogP contribution in [0, 0.1) is 0 Å².